The SMILES string of the molecule is CNC1CCC(C2=Nc3[nH]ncc3C(c3cccc4nonc34)C2C#N)CC1. The normalized spacial score (nSPS) is 27.2. The summed E-state index contributed by atoms with van der Waals surface area (Å²) in [5, 5.41) is 28.8. The molecule has 0 saturated heterocycles. The van der Waals surface area contributed by atoms with Gasteiger partial charge >= 0.3 is 0 Å². The third kappa shape index (κ3) is 2.62. The molecule has 142 valence electrons. The molecule has 3 aromatic rings. The van der Waals surface area contributed by atoms with Crippen molar-refractivity contribution < 1.29 is 4.63 Å². The Hall–Kier alpha value is -3.05. The number of aliphatic imine (C=N–C) groups is 1. The number of rotatable bonds is 3. The van der Waals surface area contributed by atoms with E-state index in [-0.39, 0.29) is 11.8 Å². The van der Waals surface area contributed by atoms with Crippen LogP contribution in [0.2, 0.25) is 0 Å². The van der Waals surface area contributed by atoms with Gasteiger partial charge in [0.15, 0.2) is 5.82 Å². The predicted molar refractivity (Wildman–Crippen MR) is 103 cm³/mol. The number of nitrogens with zero attached hydrogens (tertiary/aromatic N) is 5. The van der Waals surface area contributed by atoms with Crippen LogP contribution in [0.5, 0.6) is 0 Å². The number of nitrogens with one attached hydrogen (secondary N) is 2. The summed E-state index contributed by atoms with van der Waals surface area (Å²) in [6.45, 7) is 0. The van der Waals surface area contributed by atoms with E-state index in [1.165, 1.54) is 0 Å². The molecule has 0 bridgehead atoms. The minimum absolute atomic E-state index is 0.191. The average molecular weight is 375 g/mol. The van der Waals surface area contributed by atoms with Crippen molar-refractivity contribution >= 4 is 22.6 Å². The molecule has 2 aromatic heterocycles. The Bertz CT molecular complexity index is 1070. The van der Waals surface area contributed by atoms with Crippen LogP contribution in [-0.4, -0.2) is 39.3 Å². The van der Waals surface area contributed by atoms with Gasteiger partial charge in [0, 0.05) is 23.2 Å². The lowest BCUT2D eigenvalue weighted by Crippen LogP contribution is -2.36. The van der Waals surface area contributed by atoms with E-state index >= 15 is 0 Å². The van der Waals surface area contributed by atoms with Crippen LogP contribution in [0.1, 0.15) is 42.7 Å². The monoisotopic (exact) mass is 375 g/mol. The molecule has 1 aliphatic carbocycles. The maximum Gasteiger partial charge on any atom is 0.151 e. The molecular weight excluding hydrogens is 354 g/mol. The smallest absolute Gasteiger partial charge is 0.151 e. The highest BCUT2D eigenvalue weighted by Gasteiger charge is 2.40. The lowest BCUT2D eigenvalue weighted by atomic mass is 9.71. The van der Waals surface area contributed by atoms with E-state index in [9.17, 15) is 5.26 Å². The molecule has 2 atom stereocenters. The van der Waals surface area contributed by atoms with Gasteiger partial charge in [-0.15, -0.1) is 0 Å². The molecule has 28 heavy (non-hydrogen) atoms. The van der Waals surface area contributed by atoms with Crippen LogP contribution in [0.15, 0.2) is 34.0 Å². The highest BCUT2D eigenvalue weighted by molar-refractivity contribution is 5.97. The number of aromatic amines is 1. The number of benzene rings is 1. The maximum absolute atomic E-state index is 10.2. The minimum atomic E-state index is -0.358. The summed E-state index contributed by atoms with van der Waals surface area (Å²) < 4.78 is 4.96. The number of H-pyrrole nitrogens is 1. The quantitative estimate of drug-likeness (QED) is 0.727. The van der Waals surface area contributed by atoms with E-state index in [0.717, 1.165) is 48.3 Å². The highest BCUT2D eigenvalue weighted by atomic mass is 16.6. The fourth-order valence-corrected chi connectivity index (χ4v) is 4.74. The van der Waals surface area contributed by atoms with Crippen molar-refractivity contribution in [3.63, 3.8) is 0 Å². The van der Waals surface area contributed by atoms with Gasteiger partial charge in [0.25, 0.3) is 0 Å². The second kappa shape index (κ2) is 6.84. The molecule has 1 saturated carbocycles. The Morgan fingerprint density at radius 1 is 1.18 bits per heavy atom. The van der Waals surface area contributed by atoms with Gasteiger partial charge in [-0.2, -0.15) is 10.4 Å². The molecule has 8 heteroatoms. The van der Waals surface area contributed by atoms with Crippen LogP contribution in [-0.2, 0) is 0 Å². The summed E-state index contributed by atoms with van der Waals surface area (Å²) >= 11 is 0. The summed E-state index contributed by atoms with van der Waals surface area (Å²) in [6.07, 6.45) is 6.04. The van der Waals surface area contributed by atoms with Gasteiger partial charge in [-0.05, 0) is 60.6 Å². The van der Waals surface area contributed by atoms with Crippen molar-refractivity contribution in [2.45, 2.75) is 37.6 Å². The summed E-state index contributed by atoms with van der Waals surface area (Å²) in [6, 6.07) is 8.89. The van der Waals surface area contributed by atoms with E-state index in [2.05, 4.69) is 31.9 Å². The van der Waals surface area contributed by atoms with Crippen LogP contribution in [0.25, 0.3) is 11.0 Å². The molecule has 1 aromatic carbocycles. The lowest BCUT2D eigenvalue weighted by Gasteiger charge is -2.35. The molecule has 1 aliphatic heterocycles. The van der Waals surface area contributed by atoms with Crippen molar-refractivity contribution in [3.05, 3.63) is 35.5 Å². The van der Waals surface area contributed by atoms with Crippen LogP contribution >= 0.6 is 0 Å². The molecule has 0 spiro atoms. The topological polar surface area (TPSA) is 116 Å². The second-order valence-electron chi connectivity index (χ2n) is 7.61. The standard InChI is InChI=1S/C20H21N7O/c1-22-12-7-5-11(6-8-12)18-14(9-21)17(15-10-23-25-20(15)24-18)13-3-2-4-16-19(13)27-28-26-16/h2-4,10-12,14,17,22H,5-8H2,1H3,(H,23,25). The Kier molecular flexibility index (Phi) is 4.17. The molecule has 5 rings (SSSR count). The molecule has 2 N–H and O–H groups in total. The van der Waals surface area contributed by atoms with Crippen molar-refractivity contribution in [3.8, 4) is 6.07 Å². The first-order valence-electron chi connectivity index (χ1n) is 9.70. The van der Waals surface area contributed by atoms with Gasteiger partial charge in [-0.3, -0.25) is 5.10 Å². The number of nitriles is 1. The van der Waals surface area contributed by atoms with Crippen LogP contribution in [0.4, 0.5) is 5.82 Å². The number of hydrogen-bond acceptors (Lipinski definition) is 7. The number of aromatic nitrogens is 4. The Morgan fingerprint density at radius 3 is 2.82 bits per heavy atom. The molecular formula is C20H21N7O. The minimum Gasteiger partial charge on any atom is -0.317 e. The molecule has 8 nitrogen and oxygen atoms in total. The van der Waals surface area contributed by atoms with Crippen molar-refractivity contribution in [1.82, 2.24) is 25.8 Å². The third-order valence-electron chi connectivity index (χ3n) is 6.22. The summed E-state index contributed by atoms with van der Waals surface area (Å²) in [7, 11) is 2.01. The third-order valence-corrected chi connectivity index (χ3v) is 6.22. The molecule has 1 fully saturated rings. The van der Waals surface area contributed by atoms with E-state index in [0.29, 0.717) is 23.0 Å². The summed E-state index contributed by atoms with van der Waals surface area (Å²) in [5.41, 5.74) is 4.21. The van der Waals surface area contributed by atoms with Crippen LogP contribution < -0.4 is 5.32 Å². The zero-order valence-electron chi connectivity index (χ0n) is 15.6. The highest BCUT2D eigenvalue weighted by Crippen LogP contribution is 2.45. The Balaban J connectivity index is 1.60. The molecule has 0 amide bonds. The van der Waals surface area contributed by atoms with Crippen LogP contribution in [0.3, 0.4) is 0 Å². The first kappa shape index (κ1) is 17.1. The van der Waals surface area contributed by atoms with Crippen LogP contribution in [0, 0.1) is 23.2 Å². The zero-order valence-corrected chi connectivity index (χ0v) is 15.6. The molecule has 0 radical (unpaired) electrons. The first-order chi connectivity index (χ1) is 13.8. The van der Waals surface area contributed by atoms with Crippen molar-refractivity contribution in [2.75, 3.05) is 7.05 Å². The summed E-state index contributed by atoms with van der Waals surface area (Å²) in [5.74, 6) is 0.506. The van der Waals surface area contributed by atoms with E-state index < -0.39 is 0 Å². The fraction of sp³-hybridized carbons (Fsp3) is 0.450. The fourth-order valence-electron chi connectivity index (χ4n) is 4.74. The molecule has 2 unspecified atom stereocenters. The summed E-state index contributed by atoms with van der Waals surface area (Å²) in [4.78, 5) is 4.87. The Labute approximate surface area is 162 Å². The van der Waals surface area contributed by atoms with Gasteiger partial charge in [0.05, 0.1) is 18.2 Å². The maximum atomic E-state index is 10.2. The van der Waals surface area contributed by atoms with Crippen molar-refractivity contribution in [2.24, 2.45) is 16.8 Å². The second-order valence-corrected chi connectivity index (χ2v) is 7.61. The van der Waals surface area contributed by atoms with Gasteiger partial charge < -0.3 is 5.32 Å². The van der Waals surface area contributed by atoms with Gasteiger partial charge in [0.2, 0.25) is 0 Å². The number of fused-ring (bicyclic) bond motifs is 2. The van der Waals surface area contributed by atoms with Gasteiger partial charge in [0.1, 0.15) is 11.0 Å². The average Bonchev–Trinajstić information content (AvgIpc) is 3.41. The van der Waals surface area contributed by atoms with E-state index in [1.54, 1.807) is 6.20 Å². The predicted octanol–water partition coefficient (Wildman–Crippen LogP) is 3.08. The number of hydrogen-bond donors (Lipinski definition) is 2. The molecule has 3 heterocycles. The Morgan fingerprint density at radius 2 is 2.04 bits per heavy atom. The largest absolute Gasteiger partial charge is 0.317 e. The molecule has 2 aliphatic rings. The lowest BCUT2D eigenvalue weighted by molar-refractivity contribution is 0.315. The van der Waals surface area contributed by atoms with Gasteiger partial charge in [-0.25, -0.2) is 9.62 Å². The van der Waals surface area contributed by atoms with E-state index in [4.69, 9.17) is 9.62 Å². The zero-order chi connectivity index (χ0) is 19.1. The van der Waals surface area contributed by atoms with Gasteiger partial charge in [-0.1, -0.05) is 12.1 Å². The van der Waals surface area contributed by atoms with E-state index in [1.807, 2.05) is 25.2 Å². The first-order valence-corrected chi connectivity index (χ1v) is 9.70. The van der Waals surface area contributed by atoms with Crippen molar-refractivity contribution in [1.29, 1.82) is 5.26 Å².